The van der Waals surface area contributed by atoms with Crippen molar-refractivity contribution in [2.75, 3.05) is 16.8 Å². The van der Waals surface area contributed by atoms with Crippen LogP contribution in [0.3, 0.4) is 0 Å². The summed E-state index contributed by atoms with van der Waals surface area (Å²) in [6, 6.07) is 10.0. The van der Waals surface area contributed by atoms with Crippen molar-refractivity contribution >= 4 is 35.2 Å². The molecule has 23 heavy (non-hydrogen) atoms. The number of anilines is 2. The minimum Gasteiger partial charge on any atom is -0.324 e. The van der Waals surface area contributed by atoms with Gasteiger partial charge in [0, 0.05) is 17.2 Å². The van der Waals surface area contributed by atoms with Crippen molar-refractivity contribution < 1.29 is 0 Å². The lowest BCUT2D eigenvalue weighted by Gasteiger charge is -2.08. The molecule has 2 rings (SSSR count). The Kier molecular flexibility index (Phi) is 8.25. The lowest BCUT2D eigenvalue weighted by atomic mass is 10.3. The first-order valence-corrected chi connectivity index (χ1v) is 10.1. The van der Waals surface area contributed by atoms with Crippen molar-refractivity contribution in [1.29, 1.82) is 0 Å². The minimum absolute atomic E-state index is 0.629. The Morgan fingerprint density at radius 1 is 0.826 bits per heavy atom. The average Bonchev–Trinajstić information content (AvgIpc) is 2.56. The van der Waals surface area contributed by atoms with Gasteiger partial charge >= 0.3 is 0 Å². The first kappa shape index (κ1) is 18.1. The van der Waals surface area contributed by atoms with Gasteiger partial charge in [-0.3, -0.25) is 0 Å². The van der Waals surface area contributed by atoms with Crippen LogP contribution in [-0.2, 0) is 0 Å². The molecule has 0 atom stereocenters. The largest absolute Gasteiger partial charge is 0.324 e. The number of hydrogen-bond donors (Lipinski definition) is 1. The number of unbranched alkanes of at least 4 members (excludes halogenated alkanes) is 2. The maximum atomic E-state index is 4.58. The molecule has 0 saturated heterocycles. The molecule has 0 aliphatic rings. The van der Waals surface area contributed by atoms with Crippen LogP contribution in [0.25, 0.3) is 0 Å². The van der Waals surface area contributed by atoms with Gasteiger partial charge < -0.3 is 5.32 Å². The Labute approximate surface area is 147 Å². The predicted molar refractivity (Wildman–Crippen MR) is 101 cm³/mol. The van der Waals surface area contributed by atoms with Gasteiger partial charge in [0.15, 0.2) is 10.3 Å². The third-order valence-electron chi connectivity index (χ3n) is 3.08. The molecule has 2 aromatic rings. The van der Waals surface area contributed by atoms with E-state index < -0.39 is 0 Å². The molecule has 0 aliphatic heterocycles. The summed E-state index contributed by atoms with van der Waals surface area (Å²) in [5, 5.41) is 4.90. The van der Waals surface area contributed by atoms with Gasteiger partial charge in [-0.25, -0.2) is 0 Å². The van der Waals surface area contributed by atoms with E-state index in [0.29, 0.717) is 5.95 Å². The Morgan fingerprint density at radius 2 is 1.39 bits per heavy atom. The molecule has 0 amide bonds. The molecule has 0 fully saturated rings. The van der Waals surface area contributed by atoms with Crippen LogP contribution in [0.5, 0.6) is 0 Å². The molecule has 6 heteroatoms. The standard InChI is InChI=1S/C17H24N4S2/c1-3-5-12-22-16-19-15(18-14-10-8-7-9-11-14)20-17(21-16)23-13-6-4-2/h7-11H,3-6,12-13H2,1-2H3,(H,18,19,20,21). The quantitative estimate of drug-likeness (QED) is 0.458. The zero-order chi connectivity index (χ0) is 16.3. The van der Waals surface area contributed by atoms with Crippen LogP contribution in [0.2, 0.25) is 0 Å². The number of nitrogens with zero attached hydrogens (tertiary/aromatic N) is 3. The molecule has 1 N–H and O–H groups in total. The van der Waals surface area contributed by atoms with Gasteiger partial charge in [-0.2, -0.15) is 15.0 Å². The number of thioether (sulfide) groups is 2. The molecule has 0 bridgehead atoms. The van der Waals surface area contributed by atoms with Gasteiger partial charge in [0.05, 0.1) is 0 Å². The SMILES string of the molecule is CCCCSc1nc(Nc2ccccc2)nc(SCCCC)n1. The summed E-state index contributed by atoms with van der Waals surface area (Å²) in [6.07, 6.45) is 4.73. The van der Waals surface area contributed by atoms with E-state index in [9.17, 15) is 0 Å². The second-order valence-corrected chi connectivity index (χ2v) is 7.24. The zero-order valence-corrected chi connectivity index (χ0v) is 15.4. The van der Waals surface area contributed by atoms with Crippen LogP contribution in [-0.4, -0.2) is 26.5 Å². The van der Waals surface area contributed by atoms with Crippen molar-refractivity contribution in [3.8, 4) is 0 Å². The van der Waals surface area contributed by atoms with Gasteiger partial charge in [0.1, 0.15) is 0 Å². The Morgan fingerprint density at radius 3 is 1.91 bits per heavy atom. The molecular weight excluding hydrogens is 324 g/mol. The summed E-state index contributed by atoms with van der Waals surface area (Å²) < 4.78 is 0. The van der Waals surface area contributed by atoms with Crippen LogP contribution >= 0.6 is 23.5 Å². The summed E-state index contributed by atoms with van der Waals surface area (Å²) in [5.74, 6) is 2.72. The maximum Gasteiger partial charge on any atom is 0.232 e. The van der Waals surface area contributed by atoms with E-state index >= 15 is 0 Å². The van der Waals surface area contributed by atoms with Crippen molar-refractivity contribution in [3.63, 3.8) is 0 Å². The second kappa shape index (κ2) is 10.5. The van der Waals surface area contributed by atoms with Crippen LogP contribution in [0, 0.1) is 0 Å². The average molecular weight is 349 g/mol. The van der Waals surface area contributed by atoms with Gasteiger partial charge in [-0.05, 0) is 25.0 Å². The normalized spacial score (nSPS) is 10.7. The Balaban J connectivity index is 2.10. The molecule has 0 spiro atoms. The first-order chi connectivity index (χ1) is 11.3. The monoisotopic (exact) mass is 348 g/mol. The highest BCUT2D eigenvalue weighted by molar-refractivity contribution is 7.99. The van der Waals surface area contributed by atoms with E-state index in [1.807, 2.05) is 30.3 Å². The second-order valence-electron chi connectivity index (χ2n) is 5.12. The van der Waals surface area contributed by atoms with Crippen LogP contribution in [0.15, 0.2) is 40.6 Å². The molecule has 1 aromatic carbocycles. The third-order valence-corrected chi connectivity index (χ3v) is 4.95. The van der Waals surface area contributed by atoms with Gasteiger partial charge in [0.25, 0.3) is 0 Å². The highest BCUT2D eigenvalue weighted by Gasteiger charge is 2.08. The predicted octanol–water partition coefficient (Wildman–Crippen LogP) is 5.40. The summed E-state index contributed by atoms with van der Waals surface area (Å²) in [4.78, 5) is 13.7. The van der Waals surface area contributed by atoms with E-state index in [0.717, 1.165) is 27.5 Å². The summed E-state index contributed by atoms with van der Waals surface area (Å²) in [6.45, 7) is 4.39. The maximum absolute atomic E-state index is 4.58. The molecule has 124 valence electrons. The lowest BCUT2D eigenvalue weighted by molar-refractivity contribution is 0.803. The molecule has 0 unspecified atom stereocenters. The molecule has 0 radical (unpaired) electrons. The van der Waals surface area contributed by atoms with Crippen LogP contribution in [0.4, 0.5) is 11.6 Å². The number of rotatable bonds is 10. The first-order valence-electron chi connectivity index (χ1n) is 8.15. The van der Waals surface area contributed by atoms with Crippen molar-refractivity contribution in [3.05, 3.63) is 30.3 Å². The summed E-state index contributed by atoms with van der Waals surface area (Å²) >= 11 is 3.42. The van der Waals surface area contributed by atoms with Gasteiger partial charge in [0.2, 0.25) is 5.95 Å². The highest BCUT2D eigenvalue weighted by Crippen LogP contribution is 2.23. The third kappa shape index (κ3) is 6.79. The number of hydrogen-bond acceptors (Lipinski definition) is 6. The highest BCUT2D eigenvalue weighted by atomic mass is 32.2. The fraction of sp³-hybridized carbons (Fsp3) is 0.471. The number of benzene rings is 1. The van der Waals surface area contributed by atoms with E-state index in [2.05, 4.69) is 34.1 Å². The minimum atomic E-state index is 0.629. The van der Waals surface area contributed by atoms with Crippen molar-refractivity contribution in [2.24, 2.45) is 0 Å². The van der Waals surface area contributed by atoms with E-state index in [4.69, 9.17) is 0 Å². The smallest absolute Gasteiger partial charge is 0.232 e. The van der Waals surface area contributed by atoms with Gasteiger partial charge in [-0.1, -0.05) is 68.4 Å². The summed E-state index contributed by atoms with van der Waals surface area (Å²) in [5.41, 5.74) is 0.993. The van der Waals surface area contributed by atoms with E-state index in [-0.39, 0.29) is 0 Å². The fourth-order valence-corrected chi connectivity index (χ4v) is 3.68. The van der Waals surface area contributed by atoms with E-state index in [1.165, 1.54) is 25.7 Å². The number of aromatic nitrogens is 3. The molecule has 0 saturated carbocycles. The molecule has 0 aliphatic carbocycles. The number of para-hydroxylation sites is 1. The molecule has 4 nitrogen and oxygen atoms in total. The van der Waals surface area contributed by atoms with Gasteiger partial charge in [-0.15, -0.1) is 0 Å². The van der Waals surface area contributed by atoms with Crippen LogP contribution < -0.4 is 5.32 Å². The van der Waals surface area contributed by atoms with Crippen molar-refractivity contribution in [2.45, 2.75) is 49.8 Å². The molecule has 1 heterocycles. The topological polar surface area (TPSA) is 50.7 Å². The number of nitrogens with one attached hydrogen (secondary N) is 1. The zero-order valence-electron chi connectivity index (χ0n) is 13.8. The lowest BCUT2D eigenvalue weighted by Crippen LogP contribution is -2.02. The van der Waals surface area contributed by atoms with Crippen molar-refractivity contribution in [1.82, 2.24) is 15.0 Å². The molecule has 1 aromatic heterocycles. The summed E-state index contributed by atoms with van der Waals surface area (Å²) in [7, 11) is 0. The van der Waals surface area contributed by atoms with Crippen LogP contribution in [0.1, 0.15) is 39.5 Å². The Hall–Kier alpha value is -1.27. The molecular formula is C17H24N4S2. The fourth-order valence-electron chi connectivity index (χ4n) is 1.79. The Bertz CT molecular complexity index is 550. The van der Waals surface area contributed by atoms with E-state index in [1.54, 1.807) is 23.5 Å².